The number of hydrogen-bond acceptors (Lipinski definition) is 4. The molecule has 1 heterocycles. The second-order valence-electron chi connectivity index (χ2n) is 5.17. The van der Waals surface area contributed by atoms with Crippen molar-refractivity contribution in [3.63, 3.8) is 0 Å². The number of morpholine rings is 1. The van der Waals surface area contributed by atoms with E-state index in [0.29, 0.717) is 18.7 Å². The van der Waals surface area contributed by atoms with Crippen LogP contribution < -0.4 is 5.73 Å². The molecule has 2 rings (SSSR count). The molecule has 2 N–H and O–H groups in total. The highest BCUT2D eigenvalue weighted by Crippen LogP contribution is 2.25. The van der Waals surface area contributed by atoms with Gasteiger partial charge in [0.05, 0.1) is 17.6 Å². The van der Waals surface area contributed by atoms with E-state index in [1.54, 1.807) is 0 Å². The van der Waals surface area contributed by atoms with Crippen molar-refractivity contribution in [1.82, 2.24) is 4.31 Å². The van der Waals surface area contributed by atoms with Crippen LogP contribution in [0.2, 0.25) is 0 Å². The highest BCUT2D eigenvalue weighted by molar-refractivity contribution is 7.89. The van der Waals surface area contributed by atoms with E-state index in [9.17, 15) is 12.8 Å². The molecular formula is C14H21FN2O3S. The van der Waals surface area contributed by atoms with E-state index in [2.05, 4.69) is 0 Å². The summed E-state index contributed by atoms with van der Waals surface area (Å²) in [6.45, 7) is 4.46. The molecule has 0 saturated carbocycles. The lowest BCUT2D eigenvalue weighted by molar-refractivity contribution is -0.00279. The summed E-state index contributed by atoms with van der Waals surface area (Å²) in [5, 5.41) is 0. The molecule has 1 aromatic rings. The lowest BCUT2D eigenvalue weighted by Gasteiger charge is -2.32. The Labute approximate surface area is 124 Å². The fraction of sp³-hybridized carbons (Fsp3) is 0.571. The highest BCUT2D eigenvalue weighted by Gasteiger charge is 2.32. The zero-order chi connectivity index (χ0) is 15.6. The van der Waals surface area contributed by atoms with Crippen LogP contribution in [0.15, 0.2) is 17.0 Å². The summed E-state index contributed by atoms with van der Waals surface area (Å²) in [5.74, 6) is -0.545. The van der Waals surface area contributed by atoms with Gasteiger partial charge in [-0.25, -0.2) is 12.8 Å². The molecule has 1 unspecified atom stereocenters. The van der Waals surface area contributed by atoms with E-state index in [1.165, 1.54) is 23.4 Å². The Morgan fingerprint density at radius 1 is 1.48 bits per heavy atom. The van der Waals surface area contributed by atoms with Crippen LogP contribution in [0.3, 0.4) is 0 Å². The second-order valence-corrected chi connectivity index (χ2v) is 7.08. The Kier molecular flexibility index (Phi) is 4.98. The standard InChI is InChI=1S/C14H21FN2O3S/c1-3-12-9-17(4-5-20-12)21(18,19)14-7-11(8-16)6-13(15)10(14)2/h6-7,12H,3-5,8-9,16H2,1-2H3. The Morgan fingerprint density at radius 2 is 2.19 bits per heavy atom. The van der Waals surface area contributed by atoms with Crippen LogP contribution in [-0.2, 0) is 21.3 Å². The van der Waals surface area contributed by atoms with Crippen LogP contribution in [-0.4, -0.2) is 38.5 Å². The number of sulfonamides is 1. The molecule has 0 amide bonds. The molecule has 1 fully saturated rings. The van der Waals surface area contributed by atoms with Crippen LogP contribution in [0, 0.1) is 12.7 Å². The first-order chi connectivity index (χ1) is 9.90. The maximum Gasteiger partial charge on any atom is 0.243 e. The molecule has 7 heteroatoms. The van der Waals surface area contributed by atoms with Gasteiger partial charge >= 0.3 is 0 Å². The smallest absolute Gasteiger partial charge is 0.243 e. The predicted molar refractivity (Wildman–Crippen MR) is 77.8 cm³/mol. The van der Waals surface area contributed by atoms with E-state index in [-0.39, 0.29) is 29.7 Å². The maximum absolute atomic E-state index is 13.9. The number of hydrogen-bond donors (Lipinski definition) is 1. The van der Waals surface area contributed by atoms with Crippen LogP contribution in [0.5, 0.6) is 0 Å². The fourth-order valence-corrected chi connectivity index (χ4v) is 4.13. The second kappa shape index (κ2) is 6.39. The molecule has 0 radical (unpaired) electrons. The lowest BCUT2D eigenvalue weighted by atomic mass is 10.1. The van der Waals surface area contributed by atoms with Gasteiger partial charge in [0.15, 0.2) is 0 Å². The normalized spacial score (nSPS) is 20.7. The minimum absolute atomic E-state index is 0.000275. The third-order valence-electron chi connectivity index (χ3n) is 3.77. The first kappa shape index (κ1) is 16.4. The summed E-state index contributed by atoms with van der Waals surface area (Å²) in [4.78, 5) is -0.000275. The van der Waals surface area contributed by atoms with Crippen LogP contribution >= 0.6 is 0 Å². The summed E-state index contributed by atoms with van der Waals surface area (Å²) in [7, 11) is -3.73. The molecule has 1 aliphatic heterocycles. The fourth-order valence-electron chi connectivity index (χ4n) is 2.39. The monoisotopic (exact) mass is 316 g/mol. The quantitative estimate of drug-likeness (QED) is 0.911. The molecular weight excluding hydrogens is 295 g/mol. The van der Waals surface area contributed by atoms with Gasteiger partial charge in [-0.1, -0.05) is 6.92 Å². The molecule has 1 atom stereocenters. The van der Waals surface area contributed by atoms with E-state index in [0.717, 1.165) is 6.42 Å². The number of benzene rings is 1. The summed E-state index contributed by atoms with van der Waals surface area (Å²) < 4.78 is 46.3. The van der Waals surface area contributed by atoms with Crippen molar-refractivity contribution < 1.29 is 17.5 Å². The van der Waals surface area contributed by atoms with E-state index in [4.69, 9.17) is 10.5 Å². The maximum atomic E-state index is 13.9. The Bertz CT molecular complexity index is 619. The Balaban J connectivity index is 2.41. The van der Waals surface area contributed by atoms with Crippen molar-refractivity contribution in [2.45, 2.75) is 37.8 Å². The lowest BCUT2D eigenvalue weighted by Crippen LogP contribution is -2.45. The SMILES string of the molecule is CCC1CN(S(=O)(=O)c2cc(CN)cc(F)c2C)CCO1. The number of nitrogens with two attached hydrogens (primary N) is 1. The number of rotatable bonds is 4. The minimum atomic E-state index is -3.73. The van der Waals surface area contributed by atoms with Gasteiger partial charge in [-0.3, -0.25) is 0 Å². The largest absolute Gasteiger partial charge is 0.375 e. The Hall–Kier alpha value is -1.02. The molecule has 0 spiro atoms. The van der Waals surface area contributed by atoms with E-state index >= 15 is 0 Å². The van der Waals surface area contributed by atoms with Crippen LogP contribution in [0.1, 0.15) is 24.5 Å². The summed E-state index contributed by atoms with van der Waals surface area (Å²) >= 11 is 0. The highest BCUT2D eigenvalue weighted by atomic mass is 32.2. The zero-order valence-electron chi connectivity index (χ0n) is 12.3. The Morgan fingerprint density at radius 3 is 2.81 bits per heavy atom. The first-order valence-electron chi connectivity index (χ1n) is 7.01. The number of halogens is 1. The van der Waals surface area contributed by atoms with Gasteiger partial charge < -0.3 is 10.5 Å². The average molecular weight is 316 g/mol. The van der Waals surface area contributed by atoms with Gasteiger partial charge in [0.1, 0.15) is 5.82 Å². The molecule has 1 aliphatic rings. The molecule has 0 aromatic heterocycles. The van der Waals surface area contributed by atoms with Gasteiger partial charge in [0, 0.05) is 25.2 Å². The molecule has 1 saturated heterocycles. The third-order valence-corrected chi connectivity index (χ3v) is 5.76. The van der Waals surface area contributed by atoms with Crippen molar-refractivity contribution in [2.75, 3.05) is 19.7 Å². The van der Waals surface area contributed by atoms with Gasteiger partial charge in [0.2, 0.25) is 10.0 Å². The van der Waals surface area contributed by atoms with Gasteiger partial charge in [0.25, 0.3) is 0 Å². The molecule has 118 valence electrons. The molecule has 1 aromatic carbocycles. The van der Waals surface area contributed by atoms with Crippen molar-refractivity contribution >= 4 is 10.0 Å². The molecule has 0 bridgehead atoms. The van der Waals surface area contributed by atoms with Crippen molar-refractivity contribution in [2.24, 2.45) is 5.73 Å². The van der Waals surface area contributed by atoms with Gasteiger partial charge in [-0.05, 0) is 31.0 Å². The number of ether oxygens (including phenoxy) is 1. The molecule has 5 nitrogen and oxygen atoms in total. The van der Waals surface area contributed by atoms with E-state index in [1.807, 2.05) is 6.92 Å². The van der Waals surface area contributed by atoms with Crippen molar-refractivity contribution in [1.29, 1.82) is 0 Å². The molecule has 21 heavy (non-hydrogen) atoms. The van der Waals surface area contributed by atoms with Crippen molar-refractivity contribution in [3.05, 3.63) is 29.1 Å². The topological polar surface area (TPSA) is 72.6 Å². The predicted octanol–water partition coefficient (Wildman–Crippen LogP) is 1.39. The van der Waals surface area contributed by atoms with Gasteiger partial charge in [-0.15, -0.1) is 0 Å². The summed E-state index contributed by atoms with van der Waals surface area (Å²) in [6, 6.07) is 2.74. The summed E-state index contributed by atoms with van der Waals surface area (Å²) in [5.41, 5.74) is 6.11. The van der Waals surface area contributed by atoms with Gasteiger partial charge in [-0.2, -0.15) is 4.31 Å². The van der Waals surface area contributed by atoms with Crippen LogP contribution in [0.4, 0.5) is 4.39 Å². The average Bonchev–Trinajstić information content (AvgIpc) is 2.49. The third kappa shape index (κ3) is 3.26. The van der Waals surface area contributed by atoms with Crippen molar-refractivity contribution in [3.8, 4) is 0 Å². The number of nitrogens with zero attached hydrogens (tertiary/aromatic N) is 1. The molecule has 0 aliphatic carbocycles. The summed E-state index contributed by atoms with van der Waals surface area (Å²) in [6.07, 6.45) is 0.624. The van der Waals surface area contributed by atoms with E-state index < -0.39 is 15.8 Å². The first-order valence-corrected chi connectivity index (χ1v) is 8.45. The zero-order valence-corrected chi connectivity index (χ0v) is 13.1. The van der Waals surface area contributed by atoms with Crippen LogP contribution in [0.25, 0.3) is 0 Å². The minimum Gasteiger partial charge on any atom is -0.375 e.